The number of likely N-dealkylation sites (tertiary alicyclic amines) is 1. The van der Waals surface area contributed by atoms with Gasteiger partial charge < -0.3 is 18.7 Å². The third-order valence-electron chi connectivity index (χ3n) is 7.50. The molecule has 0 amide bonds. The highest BCUT2D eigenvalue weighted by Crippen LogP contribution is 2.38. The van der Waals surface area contributed by atoms with Gasteiger partial charge in [-0.2, -0.15) is 0 Å². The normalized spacial score (nSPS) is 25.6. The minimum absolute atomic E-state index is 0.141. The Morgan fingerprint density at radius 3 is 2.55 bits per heavy atom. The molecule has 4 rings (SSSR count). The molecule has 33 heavy (non-hydrogen) atoms. The summed E-state index contributed by atoms with van der Waals surface area (Å²) in [4.78, 5) is 20.3. The minimum Gasteiger partial charge on any atom is -0.408 e. The van der Waals surface area contributed by atoms with E-state index < -0.39 is 0 Å². The van der Waals surface area contributed by atoms with E-state index in [1.165, 1.54) is 7.11 Å². The first-order chi connectivity index (χ1) is 15.9. The lowest BCUT2D eigenvalue weighted by molar-refractivity contribution is -0.0419. The van der Waals surface area contributed by atoms with Crippen molar-refractivity contribution in [1.29, 1.82) is 0 Å². The largest absolute Gasteiger partial charge is 0.420 e. The first-order valence-electron chi connectivity index (χ1n) is 12.0. The van der Waals surface area contributed by atoms with Crippen LogP contribution in [0.5, 0.6) is 0 Å². The van der Waals surface area contributed by atoms with Gasteiger partial charge in [0.25, 0.3) is 0 Å². The van der Waals surface area contributed by atoms with Crippen LogP contribution in [0.4, 0.5) is 0 Å². The fourth-order valence-corrected chi connectivity index (χ4v) is 5.45. The molecular formula is C25H37N3O5. The van der Waals surface area contributed by atoms with Crippen LogP contribution in [0.3, 0.4) is 0 Å². The van der Waals surface area contributed by atoms with Gasteiger partial charge in [-0.25, -0.2) is 4.79 Å². The maximum atomic E-state index is 12.7. The molecule has 2 aromatic rings. The molecule has 182 valence electrons. The summed E-state index contributed by atoms with van der Waals surface area (Å²) in [7, 11) is 3.24. The SMILES string of the molecule is COCCO[C@H]1CC[C@](C)(N2CCC(n3c(=O)oc4ccc(C(C)=NOC)cc43)CC2)CC1. The van der Waals surface area contributed by atoms with Gasteiger partial charge >= 0.3 is 5.76 Å². The van der Waals surface area contributed by atoms with Crippen molar-refractivity contribution in [2.75, 3.05) is 40.5 Å². The molecule has 2 fully saturated rings. The Labute approximate surface area is 195 Å². The number of piperidine rings is 1. The van der Waals surface area contributed by atoms with E-state index >= 15 is 0 Å². The van der Waals surface area contributed by atoms with Crippen LogP contribution in [0, 0.1) is 0 Å². The number of nitrogens with zero attached hydrogens (tertiary/aromatic N) is 3. The molecule has 2 heterocycles. The predicted octanol–water partition coefficient (Wildman–Crippen LogP) is 3.97. The topological polar surface area (TPSA) is 78.4 Å². The van der Waals surface area contributed by atoms with Gasteiger partial charge in [0.15, 0.2) is 5.58 Å². The molecule has 2 aliphatic rings. The van der Waals surface area contributed by atoms with Crippen LogP contribution in [0.25, 0.3) is 11.1 Å². The second-order valence-electron chi connectivity index (χ2n) is 9.56. The maximum Gasteiger partial charge on any atom is 0.420 e. The summed E-state index contributed by atoms with van der Waals surface area (Å²) in [5.74, 6) is -0.276. The zero-order chi connectivity index (χ0) is 23.4. The molecule has 8 heteroatoms. The average molecular weight is 460 g/mol. The molecule has 8 nitrogen and oxygen atoms in total. The third kappa shape index (κ3) is 5.18. The summed E-state index contributed by atoms with van der Waals surface area (Å²) in [5.41, 5.74) is 3.35. The van der Waals surface area contributed by atoms with Crippen LogP contribution in [0.2, 0.25) is 0 Å². The number of fused-ring (bicyclic) bond motifs is 1. The van der Waals surface area contributed by atoms with Crippen molar-refractivity contribution in [3.05, 3.63) is 34.3 Å². The standard InChI is InChI=1S/C25H37N3O5/c1-18(26-31-4)19-5-6-23-22(17-19)28(24(29)33-23)20-9-13-27(14-10-20)25(2)11-7-21(8-12-25)32-16-15-30-3/h5-6,17,20-21H,7-16H2,1-4H3/t21-,25-. The summed E-state index contributed by atoms with van der Waals surface area (Å²) in [5, 5.41) is 4.02. The molecule has 1 aromatic carbocycles. The Bertz CT molecular complexity index is 1010. The van der Waals surface area contributed by atoms with Gasteiger partial charge in [-0.1, -0.05) is 5.16 Å². The van der Waals surface area contributed by atoms with Crippen molar-refractivity contribution < 1.29 is 18.7 Å². The molecule has 0 atom stereocenters. The Kier molecular flexibility index (Phi) is 7.56. The van der Waals surface area contributed by atoms with E-state index in [0.717, 1.165) is 68.4 Å². The average Bonchev–Trinajstić information content (AvgIpc) is 3.15. The Hall–Kier alpha value is -2.16. The first-order valence-corrected chi connectivity index (χ1v) is 12.0. The Morgan fingerprint density at radius 1 is 1.15 bits per heavy atom. The zero-order valence-corrected chi connectivity index (χ0v) is 20.3. The van der Waals surface area contributed by atoms with Crippen LogP contribution in [-0.2, 0) is 14.3 Å². The lowest BCUT2D eigenvalue weighted by Crippen LogP contribution is -2.53. The van der Waals surface area contributed by atoms with E-state index in [-0.39, 0.29) is 17.3 Å². The van der Waals surface area contributed by atoms with Gasteiger partial charge in [-0.3, -0.25) is 9.47 Å². The van der Waals surface area contributed by atoms with Crippen LogP contribution >= 0.6 is 0 Å². The summed E-state index contributed by atoms with van der Waals surface area (Å²) in [6.07, 6.45) is 6.70. The van der Waals surface area contributed by atoms with Gasteiger partial charge in [-0.15, -0.1) is 0 Å². The van der Waals surface area contributed by atoms with Crippen molar-refractivity contribution in [3.8, 4) is 0 Å². The number of hydrogen-bond acceptors (Lipinski definition) is 7. The molecule has 1 aliphatic carbocycles. The minimum atomic E-state index is -0.276. The third-order valence-corrected chi connectivity index (χ3v) is 7.50. The van der Waals surface area contributed by atoms with E-state index in [2.05, 4.69) is 17.0 Å². The molecule has 0 N–H and O–H groups in total. The molecule has 0 radical (unpaired) electrons. The fraction of sp³-hybridized carbons (Fsp3) is 0.680. The first kappa shape index (κ1) is 24.0. The monoisotopic (exact) mass is 459 g/mol. The van der Waals surface area contributed by atoms with Crippen molar-refractivity contribution in [3.63, 3.8) is 0 Å². The van der Waals surface area contributed by atoms with Crippen LogP contribution in [-0.4, -0.2) is 67.3 Å². The summed E-state index contributed by atoms with van der Waals surface area (Å²) < 4.78 is 18.5. The number of oxazole rings is 1. The summed E-state index contributed by atoms with van der Waals surface area (Å²) >= 11 is 0. The van der Waals surface area contributed by atoms with Gasteiger partial charge in [0, 0.05) is 37.3 Å². The summed E-state index contributed by atoms with van der Waals surface area (Å²) in [6, 6.07) is 5.88. The van der Waals surface area contributed by atoms with Crippen LogP contribution < -0.4 is 5.76 Å². The second kappa shape index (κ2) is 10.4. The number of aromatic nitrogens is 1. The second-order valence-corrected chi connectivity index (χ2v) is 9.56. The number of hydrogen-bond donors (Lipinski definition) is 0. The molecule has 0 spiro atoms. The van der Waals surface area contributed by atoms with Crippen LogP contribution in [0.15, 0.2) is 32.6 Å². The van der Waals surface area contributed by atoms with E-state index in [4.69, 9.17) is 18.7 Å². The van der Waals surface area contributed by atoms with Gasteiger partial charge in [0.05, 0.1) is 30.5 Å². The number of rotatable bonds is 8. The van der Waals surface area contributed by atoms with Crippen LogP contribution in [0.1, 0.15) is 64.0 Å². The van der Waals surface area contributed by atoms with Gasteiger partial charge in [0.1, 0.15) is 7.11 Å². The van der Waals surface area contributed by atoms with Crippen molar-refractivity contribution in [2.45, 2.75) is 70.1 Å². The molecule has 1 saturated carbocycles. The Morgan fingerprint density at radius 2 is 1.88 bits per heavy atom. The van der Waals surface area contributed by atoms with E-state index in [1.54, 1.807) is 7.11 Å². The van der Waals surface area contributed by atoms with Gasteiger partial charge in [0.2, 0.25) is 0 Å². The highest BCUT2D eigenvalue weighted by Gasteiger charge is 2.38. The lowest BCUT2D eigenvalue weighted by atomic mass is 9.79. The lowest BCUT2D eigenvalue weighted by Gasteiger charge is -2.48. The highest BCUT2D eigenvalue weighted by molar-refractivity contribution is 6.00. The summed E-state index contributed by atoms with van der Waals surface area (Å²) in [6.45, 7) is 7.59. The molecule has 1 aliphatic heterocycles. The number of ether oxygens (including phenoxy) is 2. The number of methoxy groups -OCH3 is 1. The molecule has 0 unspecified atom stereocenters. The van der Waals surface area contributed by atoms with Crippen molar-refractivity contribution >= 4 is 16.8 Å². The highest BCUT2D eigenvalue weighted by atomic mass is 16.6. The predicted molar refractivity (Wildman–Crippen MR) is 128 cm³/mol. The molecule has 1 aromatic heterocycles. The molecular weight excluding hydrogens is 422 g/mol. The quantitative estimate of drug-likeness (QED) is 0.338. The number of benzene rings is 1. The smallest absolute Gasteiger partial charge is 0.408 e. The van der Waals surface area contributed by atoms with Crippen molar-refractivity contribution in [1.82, 2.24) is 9.47 Å². The van der Waals surface area contributed by atoms with E-state index in [1.807, 2.05) is 29.7 Å². The van der Waals surface area contributed by atoms with E-state index in [0.29, 0.717) is 24.9 Å². The van der Waals surface area contributed by atoms with Gasteiger partial charge in [-0.05, 0) is 70.6 Å². The number of oxime groups is 1. The van der Waals surface area contributed by atoms with Crippen molar-refractivity contribution in [2.24, 2.45) is 5.16 Å². The Balaban J connectivity index is 1.42. The molecule has 0 bridgehead atoms. The fourth-order valence-electron chi connectivity index (χ4n) is 5.45. The zero-order valence-electron chi connectivity index (χ0n) is 20.3. The van der Waals surface area contributed by atoms with E-state index in [9.17, 15) is 4.79 Å². The molecule has 1 saturated heterocycles. The maximum absolute atomic E-state index is 12.7.